The van der Waals surface area contributed by atoms with E-state index in [0.717, 1.165) is 51.5 Å². The van der Waals surface area contributed by atoms with Gasteiger partial charge in [-0.2, -0.15) is 5.26 Å². The lowest BCUT2D eigenvalue weighted by molar-refractivity contribution is 0.0675. The third-order valence-corrected chi connectivity index (χ3v) is 8.40. The summed E-state index contributed by atoms with van der Waals surface area (Å²) < 4.78 is 13.8. The topological polar surface area (TPSA) is 92.7 Å². The van der Waals surface area contributed by atoms with E-state index in [1.165, 1.54) is 0 Å². The first-order chi connectivity index (χ1) is 17.7. The van der Waals surface area contributed by atoms with Crippen molar-refractivity contribution < 1.29 is 14.3 Å². The Kier molecular flexibility index (Phi) is 5.42. The van der Waals surface area contributed by atoms with Crippen molar-refractivity contribution in [1.82, 2.24) is 14.5 Å². The minimum Gasteiger partial charge on any atom is -0.496 e. The fourth-order valence-electron chi connectivity index (χ4n) is 5.56. The van der Waals surface area contributed by atoms with Gasteiger partial charge in [0.05, 0.1) is 34.9 Å². The van der Waals surface area contributed by atoms with Gasteiger partial charge in [0, 0.05) is 18.7 Å². The smallest absolute Gasteiger partial charge is 0.291 e. The molecule has 0 N–H and O–H groups in total. The predicted molar refractivity (Wildman–Crippen MR) is 142 cm³/mol. The zero-order chi connectivity index (χ0) is 25.9. The highest BCUT2D eigenvalue weighted by Gasteiger charge is 2.43. The van der Waals surface area contributed by atoms with Crippen LogP contribution in [-0.2, 0) is 17.7 Å². The number of thiophene rings is 1. The van der Waals surface area contributed by atoms with Gasteiger partial charge in [0.2, 0.25) is 5.90 Å². The van der Waals surface area contributed by atoms with Gasteiger partial charge in [0.1, 0.15) is 23.6 Å². The Balaban J connectivity index is 1.54. The van der Waals surface area contributed by atoms with Crippen molar-refractivity contribution >= 4 is 23.1 Å². The van der Waals surface area contributed by atoms with Gasteiger partial charge in [0.25, 0.3) is 5.91 Å². The second-order valence-corrected chi connectivity index (χ2v) is 11.6. The largest absolute Gasteiger partial charge is 0.496 e. The van der Waals surface area contributed by atoms with Crippen molar-refractivity contribution in [3.8, 4) is 33.6 Å². The molecule has 2 aromatic heterocycles. The molecule has 1 aromatic carbocycles. The number of likely N-dealkylation sites (tertiary alicyclic amines) is 1. The molecule has 6 rings (SSSR count). The van der Waals surface area contributed by atoms with Crippen molar-refractivity contribution in [3.63, 3.8) is 0 Å². The van der Waals surface area contributed by atoms with Crippen molar-refractivity contribution in [1.29, 1.82) is 5.26 Å². The zero-order valence-corrected chi connectivity index (χ0v) is 22.3. The molecule has 0 radical (unpaired) electrons. The van der Waals surface area contributed by atoms with Crippen LogP contribution in [0.4, 0.5) is 0 Å². The molecule has 3 aliphatic rings. The Morgan fingerprint density at radius 1 is 1.24 bits per heavy atom. The summed E-state index contributed by atoms with van der Waals surface area (Å²) in [6.07, 6.45) is 2.21. The third kappa shape index (κ3) is 3.74. The monoisotopic (exact) mass is 515 g/mol. The molecule has 5 heterocycles. The summed E-state index contributed by atoms with van der Waals surface area (Å²) in [6, 6.07) is 10.5. The summed E-state index contributed by atoms with van der Waals surface area (Å²) >= 11 is 1.60. The molecule has 3 aromatic rings. The molecule has 0 spiro atoms. The minimum absolute atomic E-state index is 0.187. The van der Waals surface area contributed by atoms with Crippen molar-refractivity contribution in [2.24, 2.45) is 4.99 Å². The van der Waals surface area contributed by atoms with Crippen LogP contribution in [0.15, 0.2) is 34.6 Å². The maximum Gasteiger partial charge on any atom is 0.291 e. The Bertz CT molecular complexity index is 1480. The Hall–Kier alpha value is -3.64. The van der Waals surface area contributed by atoms with Crippen LogP contribution >= 0.6 is 11.3 Å². The number of fused-ring (bicyclic) bond motifs is 3. The molecule has 8 nitrogen and oxygen atoms in total. The summed E-state index contributed by atoms with van der Waals surface area (Å²) in [5.41, 5.74) is 3.49. The van der Waals surface area contributed by atoms with Crippen LogP contribution in [0.5, 0.6) is 5.75 Å². The first-order valence-corrected chi connectivity index (χ1v) is 13.4. The molecule has 1 amide bonds. The molecule has 1 saturated heterocycles. The Labute approximate surface area is 220 Å². The van der Waals surface area contributed by atoms with Gasteiger partial charge in [-0.15, -0.1) is 11.3 Å². The van der Waals surface area contributed by atoms with E-state index in [4.69, 9.17) is 19.5 Å². The second-order valence-electron chi connectivity index (χ2n) is 10.7. The van der Waals surface area contributed by atoms with Gasteiger partial charge >= 0.3 is 0 Å². The highest BCUT2D eigenvalue weighted by molar-refractivity contribution is 7.13. The van der Waals surface area contributed by atoms with E-state index in [0.29, 0.717) is 37.8 Å². The molecule has 0 bridgehead atoms. The first kappa shape index (κ1) is 23.7. The number of imidazole rings is 1. The number of aliphatic imine (C=N–C) groups is 1. The van der Waals surface area contributed by atoms with E-state index in [-0.39, 0.29) is 11.4 Å². The number of benzene rings is 1. The van der Waals surface area contributed by atoms with Crippen LogP contribution in [0, 0.1) is 11.3 Å². The molecule has 190 valence electrons. The Morgan fingerprint density at radius 3 is 2.76 bits per heavy atom. The number of rotatable bonds is 4. The van der Waals surface area contributed by atoms with Crippen LogP contribution in [0.2, 0.25) is 0 Å². The SMILES string of the molecule is COc1cc2c(cc1C1=NC(C)(C)CO1)-c1c(-c3cccs3)nc(C(=O)N3CCC[C@]3(C)C#N)n1CC2. The fraction of sp³-hybridized carbons (Fsp3) is 0.429. The van der Waals surface area contributed by atoms with Gasteiger partial charge in [-0.3, -0.25) is 4.79 Å². The van der Waals surface area contributed by atoms with Gasteiger partial charge < -0.3 is 18.9 Å². The fourth-order valence-corrected chi connectivity index (χ4v) is 6.27. The molecule has 3 aliphatic heterocycles. The van der Waals surface area contributed by atoms with Gasteiger partial charge in [-0.1, -0.05) is 6.07 Å². The average Bonchev–Trinajstić information content (AvgIpc) is 3.68. The Morgan fingerprint density at radius 2 is 2.08 bits per heavy atom. The molecule has 0 aliphatic carbocycles. The van der Waals surface area contributed by atoms with Crippen LogP contribution in [-0.4, -0.2) is 57.6 Å². The molecule has 37 heavy (non-hydrogen) atoms. The standard InChI is InChI=1S/C28H29N5O3S/c1-27(2)16-36-25(31-27)19-14-18-17(13-20(19)35-4)8-11-32-23(18)22(21-7-5-12-37-21)30-24(32)26(34)33-10-6-9-28(33,3)15-29/h5,7,12-14H,6,8-11,16H2,1-4H3/t28-/m1/s1. The highest BCUT2D eigenvalue weighted by atomic mass is 32.1. The van der Waals surface area contributed by atoms with Crippen molar-refractivity contribution in [2.45, 2.75) is 57.7 Å². The number of hydrogen-bond acceptors (Lipinski definition) is 7. The van der Waals surface area contributed by atoms with Crippen LogP contribution < -0.4 is 4.74 Å². The van der Waals surface area contributed by atoms with E-state index in [2.05, 4.69) is 18.2 Å². The normalized spacial score (nSPS) is 21.6. The van der Waals surface area contributed by atoms with Crippen LogP contribution in [0.1, 0.15) is 55.4 Å². The quantitative estimate of drug-likeness (QED) is 0.492. The van der Waals surface area contributed by atoms with E-state index in [9.17, 15) is 10.1 Å². The van der Waals surface area contributed by atoms with Gasteiger partial charge in [-0.05, 0) is 69.2 Å². The van der Waals surface area contributed by atoms with Crippen molar-refractivity contribution in [2.75, 3.05) is 20.3 Å². The van der Waals surface area contributed by atoms with E-state index < -0.39 is 5.54 Å². The number of hydrogen-bond donors (Lipinski definition) is 0. The number of carbonyl (C=O) groups excluding carboxylic acids is 1. The molecule has 0 unspecified atom stereocenters. The van der Waals surface area contributed by atoms with Gasteiger partial charge in [-0.25, -0.2) is 9.98 Å². The number of carbonyl (C=O) groups is 1. The maximum atomic E-state index is 13.9. The summed E-state index contributed by atoms with van der Waals surface area (Å²) in [4.78, 5) is 26.3. The third-order valence-electron chi connectivity index (χ3n) is 7.52. The maximum absolute atomic E-state index is 13.9. The van der Waals surface area contributed by atoms with E-state index >= 15 is 0 Å². The summed E-state index contributed by atoms with van der Waals surface area (Å²) in [5, 5.41) is 11.8. The number of ether oxygens (including phenoxy) is 2. The van der Waals surface area contributed by atoms with Crippen LogP contribution in [0.25, 0.3) is 21.8 Å². The lowest BCUT2D eigenvalue weighted by Crippen LogP contribution is -2.45. The highest BCUT2D eigenvalue weighted by Crippen LogP contribution is 2.43. The lowest BCUT2D eigenvalue weighted by atomic mass is 9.93. The van der Waals surface area contributed by atoms with Crippen LogP contribution in [0.3, 0.4) is 0 Å². The molecule has 0 saturated carbocycles. The van der Waals surface area contributed by atoms with E-state index in [1.807, 2.05) is 42.9 Å². The minimum atomic E-state index is -0.815. The van der Waals surface area contributed by atoms with E-state index in [1.54, 1.807) is 23.3 Å². The number of aromatic nitrogens is 2. The number of nitriles is 1. The summed E-state index contributed by atoms with van der Waals surface area (Å²) in [5.74, 6) is 1.49. The molecule has 1 atom stereocenters. The number of nitrogens with zero attached hydrogens (tertiary/aromatic N) is 5. The average molecular weight is 516 g/mol. The number of amides is 1. The lowest BCUT2D eigenvalue weighted by Gasteiger charge is -2.29. The summed E-state index contributed by atoms with van der Waals surface area (Å²) in [6.45, 7) is 7.61. The molecule has 9 heteroatoms. The first-order valence-electron chi connectivity index (χ1n) is 12.6. The van der Waals surface area contributed by atoms with Gasteiger partial charge in [0.15, 0.2) is 5.82 Å². The zero-order valence-electron chi connectivity index (χ0n) is 21.5. The number of methoxy groups -OCH3 is 1. The molecular weight excluding hydrogens is 486 g/mol. The number of aryl methyl sites for hydroxylation is 1. The second kappa shape index (κ2) is 8.45. The summed E-state index contributed by atoms with van der Waals surface area (Å²) in [7, 11) is 1.66. The van der Waals surface area contributed by atoms with Crippen molar-refractivity contribution in [3.05, 3.63) is 46.6 Å². The predicted octanol–water partition coefficient (Wildman–Crippen LogP) is 4.92. The molecular formula is C28H29N5O3S. The molecule has 1 fully saturated rings.